The van der Waals surface area contributed by atoms with Crippen LogP contribution in [0.5, 0.6) is 0 Å². The van der Waals surface area contributed by atoms with E-state index in [2.05, 4.69) is 15.0 Å². The highest BCUT2D eigenvalue weighted by molar-refractivity contribution is 6.40. The number of aromatic nitrogens is 2. The molecule has 4 N–H and O–H groups in total. The molecular weight excluding hydrogens is 342 g/mol. The Hall–Kier alpha value is -3.04. The van der Waals surface area contributed by atoms with E-state index < -0.39 is 29.4 Å². The fourth-order valence-electron chi connectivity index (χ4n) is 1.82. The van der Waals surface area contributed by atoms with E-state index in [4.69, 9.17) is 10.5 Å². The first-order valence-electron chi connectivity index (χ1n) is 7.97. The van der Waals surface area contributed by atoms with Crippen LogP contribution in [0.25, 0.3) is 0 Å². The maximum Gasteiger partial charge on any atom is 0.414 e. The van der Waals surface area contributed by atoms with E-state index in [-0.39, 0.29) is 25.0 Å². The Morgan fingerprint density at radius 2 is 1.92 bits per heavy atom. The number of nitrogens with two attached hydrogens (primary N) is 1. The minimum atomic E-state index is -0.898. The monoisotopic (exact) mass is 365 g/mol. The summed E-state index contributed by atoms with van der Waals surface area (Å²) in [5, 5.41) is 2.02. The summed E-state index contributed by atoms with van der Waals surface area (Å²) in [4.78, 5) is 56.7. The van der Waals surface area contributed by atoms with Gasteiger partial charge in [-0.25, -0.2) is 14.8 Å². The molecule has 0 saturated heterocycles. The van der Waals surface area contributed by atoms with Crippen molar-refractivity contribution in [2.75, 3.05) is 0 Å². The molecule has 0 aliphatic rings. The molecule has 0 unspecified atom stereocenters. The number of hydrogen-bond acceptors (Lipinski definition) is 6. The van der Waals surface area contributed by atoms with E-state index in [1.807, 2.05) is 5.32 Å². The van der Waals surface area contributed by atoms with Crippen LogP contribution in [0.2, 0.25) is 0 Å². The summed E-state index contributed by atoms with van der Waals surface area (Å²) in [5.74, 6) is -2.11. The van der Waals surface area contributed by atoms with Gasteiger partial charge in [0.25, 0.3) is 5.91 Å². The summed E-state index contributed by atoms with van der Waals surface area (Å²) in [6.07, 6.45) is 2.20. The lowest BCUT2D eigenvalue weighted by molar-refractivity contribution is -0.121. The molecule has 0 bridgehead atoms. The number of aromatic amines is 1. The normalized spacial score (nSPS) is 11.7. The fourth-order valence-corrected chi connectivity index (χ4v) is 1.82. The zero-order valence-corrected chi connectivity index (χ0v) is 15.0. The largest absolute Gasteiger partial charge is 0.444 e. The Bertz CT molecular complexity index is 688. The number of carbonyl (C=O) groups is 4. The van der Waals surface area contributed by atoms with E-state index in [1.165, 1.54) is 6.33 Å². The zero-order chi connectivity index (χ0) is 19.7. The topological polar surface area (TPSA) is 157 Å². The summed E-state index contributed by atoms with van der Waals surface area (Å²) in [6.45, 7) is 4.97. The average molecular weight is 365 g/mol. The lowest BCUT2D eigenvalue weighted by Crippen LogP contribution is -2.36. The van der Waals surface area contributed by atoms with Crippen LogP contribution < -0.4 is 11.1 Å². The molecule has 0 atom stereocenters. The van der Waals surface area contributed by atoms with Crippen molar-refractivity contribution in [3.63, 3.8) is 0 Å². The highest BCUT2D eigenvalue weighted by Gasteiger charge is 2.19. The number of rotatable bonds is 7. The minimum absolute atomic E-state index is 0.0586. The van der Waals surface area contributed by atoms with E-state index in [9.17, 15) is 19.2 Å². The number of ether oxygens (including phenoxy) is 1. The Labute approximate surface area is 150 Å². The molecule has 0 radical (unpaired) electrons. The summed E-state index contributed by atoms with van der Waals surface area (Å²) in [5.41, 5.74) is 4.97. The van der Waals surface area contributed by atoms with E-state index in [1.54, 1.807) is 27.0 Å². The Morgan fingerprint density at radius 3 is 2.46 bits per heavy atom. The van der Waals surface area contributed by atoms with Crippen LogP contribution >= 0.6 is 0 Å². The molecule has 0 aliphatic carbocycles. The number of alkyl carbamates (subject to hydrolysis) is 1. The third kappa shape index (κ3) is 8.71. The van der Waals surface area contributed by atoms with Crippen LogP contribution in [0.1, 0.15) is 45.7 Å². The third-order valence-electron chi connectivity index (χ3n) is 2.94. The first-order chi connectivity index (χ1) is 12.1. The second-order valence-electron chi connectivity index (χ2n) is 6.44. The van der Waals surface area contributed by atoms with Crippen LogP contribution in [0.4, 0.5) is 4.79 Å². The van der Waals surface area contributed by atoms with Gasteiger partial charge in [0.05, 0.1) is 6.33 Å². The summed E-state index contributed by atoms with van der Waals surface area (Å²) in [7, 11) is 0. The van der Waals surface area contributed by atoms with Crippen molar-refractivity contribution < 1.29 is 23.9 Å². The SMILES string of the molecule is CC(C)(C)OC(=O)NC(=O)CCC(=NC(=O)CCc1cnc[nH]1)C(N)=O. The summed E-state index contributed by atoms with van der Waals surface area (Å²) in [6, 6.07) is 0. The first-order valence-corrected chi connectivity index (χ1v) is 7.97. The third-order valence-corrected chi connectivity index (χ3v) is 2.94. The molecule has 1 aromatic heterocycles. The second kappa shape index (κ2) is 9.44. The van der Waals surface area contributed by atoms with Crippen LogP contribution in [0.3, 0.4) is 0 Å². The maximum atomic E-state index is 11.8. The van der Waals surface area contributed by atoms with Crippen molar-refractivity contribution in [3.05, 3.63) is 18.2 Å². The number of imidazole rings is 1. The first kappa shape index (κ1) is 21.0. The van der Waals surface area contributed by atoms with Gasteiger partial charge in [-0.1, -0.05) is 0 Å². The standard InChI is InChI=1S/C16H23N5O5/c1-16(2,3)26-15(25)21-13(23)7-5-11(14(17)24)20-12(22)6-4-10-8-18-9-19-10/h8-9H,4-7H2,1-3H3,(H2,17,24)(H,18,19)(H,21,23,25). The molecule has 1 heterocycles. The van der Waals surface area contributed by atoms with Crippen LogP contribution in [0, 0.1) is 0 Å². The van der Waals surface area contributed by atoms with Crippen molar-refractivity contribution in [2.24, 2.45) is 10.7 Å². The molecule has 26 heavy (non-hydrogen) atoms. The van der Waals surface area contributed by atoms with Crippen LogP contribution in [-0.4, -0.2) is 45.1 Å². The molecular formula is C16H23N5O5. The number of H-pyrrole nitrogens is 1. The lowest BCUT2D eigenvalue weighted by Gasteiger charge is -2.19. The van der Waals surface area contributed by atoms with E-state index in [0.717, 1.165) is 5.69 Å². The number of aliphatic imine (C=N–C) groups is 1. The number of carbonyl (C=O) groups excluding carboxylic acids is 4. The van der Waals surface area contributed by atoms with E-state index in [0.29, 0.717) is 6.42 Å². The molecule has 1 aromatic rings. The molecule has 0 saturated carbocycles. The molecule has 4 amide bonds. The smallest absolute Gasteiger partial charge is 0.414 e. The average Bonchev–Trinajstić information content (AvgIpc) is 3.00. The van der Waals surface area contributed by atoms with Gasteiger partial charge < -0.3 is 15.5 Å². The number of nitrogens with zero attached hydrogens (tertiary/aromatic N) is 2. The number of amides is 4. The lowest BCUT2D eigenvalue weighted by atomic mass is 10.2. The van der Waals surface area contributed by atoms with Gasteiger partial charge in [0, 0.05) is 31.2 Å². The molecule has 0 aliphatic heterocycles. The van der Waals surface area contributed by atoms with Gasteiger partial charge >= 0.3 is 6.09 Å². The molecule has 0 aromatic carbocycles. The zero-order valence-electron chi connectivity index (χ0n) is 15.0. The fraction of sp³-hybridized carbons (Fsp3) is 0.500. The Balaban J connectivity index is 2.51. The second-order valence-corrected chi connectivity index (χ2v) is 6.44. The van der Waals surface area contributed by atoms with Crippen molar-refractivity contribution in [1.29, 1.82) is 0 Å². The quantitative estimate of drug-likeness (QED) is 0.601. The molecule has 10 nitrogen and oxygen atoms in total. The van der Waals surface area contributed by atoms with Gasteiger partial charge in [-0.05, 0) is 27.2 Å². The highest BCUT2D eigenvalue weighted by Crippen LogP contribution is 2.07. The van der Waals surface area contributed by atoms with Gasteiger partial charge in [0.15, 0.2) is 0 Å². The van der Waals surface area contributed by atoms with Crippen molar-refractivity contribution >= 4 is 29.5 Å². The number of imide groups is 1. The maximum absolute atomic E-state index is 11.8. The van der Waals surface area contributed by atoms with Crippen molar-refractivity contribution in [1.82, 2.24) is 15.3 Å². The van der Waals surface area contributed by atoms with Gasteiger partial charge in [-0.3, -0.25) is 19.7 Å². The van der Waals surface area contributed by atoms with Gasteiger partial charge in [0.1, 0.15) is 11.3 Å². The van der Waals surface area contributed by atoms with Crippen molar-refractivity contribution in [3.8, 4) is 0 Å². The Morgan fingerprint density at radius 1 is 1.23 bits per heavy atom. The van der Waals surface area contributed by atoms with Gasteiger partial charge in [-0.2, -0.15) is 0 Å². The Kier molecular flexibility index (Phi) is 7.63. The highest BCUT2D eigenvalue weighted by atomic mass is 16.6. The summed E-state index contributed by atoms with van der Waals surface area (Å²) < 4.78 is 4.94. The number of hydrogen-bond donors (Lipinski definition) is 3. The number of primary amides is 1. The van der Waals surface area contributed by atoms with Crippen LogP contribution in [-0.2, 0) is 25.5 Å². The minimum Gasteiger partial charge on any atom is -0.444 e. The number of aryl methyl sites for hydroxylation is 1. The molecule has 142 valence electrons. The molecule has 0 fully saturated rings. The molecule has 0 spiro atoms. The summed E-state index contributed by atoms with van der Waals surface area (Å²) >= 11 is 0. The van der Waals surface area contributed by atoms with Gasteiger partial charge in [0.2, 0.25) is 11.8 Å². The van der Waals surface area contributed by atoms with E-state index >= 15 is 0 Å². The predicted octanol–water partition coefficient (Wildman–Crippen LogP) is 0.627. The predicted molar refractivity (Wildman–Crippen MR) is 92.2 cm³/mol. The van der Waals surface area contributed by atoms with Gasteiger partial charge in [-0.15, -0.1) is 0 Å². The number of nitrogens with one attached hydrogen (secondary N) is 2. The molecule has 1 rings (SSSR count). The van der Waals surface area contributed by atoms with Crippen molar-refractivity contribution in [2.45, 2.75) is 52.1 Å². The van der Waals surface area contributed by atoms with Crippen LogP contribution in [0.15, 0.2) is 17.5 Å². The molecule has 10 heteroatoms.